The standard InChI is InChI=1S/C8H10ClN/c9-8-3-1-2-7(6-10)4-5-8/h1,3-5H,2,6,10H2. The summed E-state index contributed by atoms with van der Waals surface area (Å²) in [5, 5.41) is 0.767. The van der Waals surface area contributed by atoms with Crippen molar-refractivity contribution in [2.75, 3.05) is 6.54 Å². The molecular weight excluding hydrogens is 146 g/mol. The van der Waals surface area contributed by atoms with Gasteiger partial charge in [-0.2, -0.15) is 0 Å². The molecule has 1 nitrogen and oxygen atoms in total. The Morgan fingerprint density at radius 1 is 1.50 bits per heavy atom. The third-order valence-corrected chi connectivity index (χ3v) is 1.65. The summed E-state index contributed by atoms with van der Waals surface area (Å²) in [4.78, 5) is 0. The molecule has 0 aromatic heterocycles. The molecule has 10 heavy (non-hydrogen) atoms. The van der Waals surface area contributed by atoms with E-state index in [0.717, 1.165) is 11.5 Å². The second kappa shape index (κ2) is 3.59. The molecule has 0 spiro atoms. The summed E-state index contributed by atoms with van der Waals surface area (Å²) in [5.74, 6) is 0. The SMILES string of the molecule is NCC1=CC=C(Cl)C=CC1. The molecular formula is C8H10ClN. The third-order valence-electron chi connectivity index (χ3n) is 1.40. The van der Waals surface area contributed by atoms with E-state index in [4.69, 9.17) is 17.3 Å². The lowest BCUT2D eigenvalue weighted by Crippen LogP contribution is -2.01. The number of halogens is 1. The van der Waals surface area contributed by atoms with Crippen LogP contribution in [-0.2, 0) is 0 Å². The fourth-order valence-corrected chi connectivity index (χ4v) is 0.947. The van der Waals surface area contributed by atoms with Gasteiger partial charge in [0.05, 0.1) is 0 Å². The summed E-state index contributed by atoms with van der Waals surface area (Å²) >= 11 is 5.73. The van der Waals surface area contributed by atoms with Gasteiger partial charge in [-0.3, -0.25) is 0 Å². The summed E-state index contributed by atoms with van der Waals surface area (Å²) in [6.45, 7) is 0.616. The normalized spacial score (nSPS) is 17.8. The van der Waals surface area contributed by atoms with Gasteiger partial charge in [0.2, 0.25) is 0 Å². The molecule has 0 aromatic carbocycles. The van der Waals surface area contributed by atoms with Crippen LogP contribution in [0.15, 0.2) is 34.9 Å². The van der Waals surface area contributed by atoms with Crippen LogP contribution in [0.4, 0.5) is 0 Å². The molecule has 0 aliphatic heterocycles. The first kappa shape index (κ1) is 7.58. The molecule has 1 rings (SSSR count). The van der Waals surface area contributed by atoms with E-state index < -0.39 is 0 Å². The van der Waals surface area contributed by atoms with Gasteiger partial charge in [0.1, 0.15) is 0 Å². The molecule has 0 bridgehead atoms. The van der Waals surface area contributed by atoms with Gasteiger partial charge in [0.25, 0.3) is 0 Å². The van der Waals surface area contributed by atoms with Crippen LogP contribution in [0.2, 0.25) is 0 Å². The van der Waals surface area contributed by atoms with Crippen LogP contribution < -0.4 is 5.73 Å². The van der Waals surface area contributed by atoms with Gasteiger partial charge in [-0.25, -0.2) is 0 Å². The summed E-state index contributed by atoms with van der Waals surface area (Å²) in [6.07, 6.45) is 8.67. The van der Waals surface area contributed by atoms with Crippen molar-refractivity contribution in [1.29, 1.82) is 0 Å². The average Bonchev–Trinajstić information content (AvgIpc) is 2.14. The van der Waals surface area contributed by atoms with E-state index in [1.807, 2.05) is 24.3 Å². The number of hydrogen-bond donors (Lipinski definition) is 1. The van der Waals surface area contributed by atoms with Crippen molar-refractivity contribution in [3.05, 3.63) is 34.9 Å². The van der Waals surface area contributed by atoms with Crippen LogP contribution in [-0.4, -0.2) is 6.54 Å². The van der Waals surface area contributed by atoms with Crippen LogP contribution >= 0.6 is 11.6 Å². The molecule has 2 N–H and O–H groups in total. The first-order chi connectivity index (χ1) is 4.83. The van der Waals surface area contributed by atoms with Crippen LogP contribution in [0.3, 0.4) is 0 Å². The topological polar surface area (TPSA) is 26.0 Å². The van der Waals surface area contributed by atoms with E-state index in [-0.39, 0.29) is 0 Å². The van der Waals surface area contributed by atoms with Gasteiger partial charge in [0.15, 0.2) is 0 Å². The lowest BCUT2D eigenvalue weighted by atomic mass is 10.2. The van der Waals surface area contributed by atoms with E-state index in [2.05, 4.69) is 0 Å². The van der Waals surface area contributed by atoms with Crippen molar-refractivity contribution in [3.63, 3.8) is 0 Å². The number of nitrogens with two attached hydrogens (primary N) is 1. The molecule has 54 valence electrons. The van der Waals surface area contributed by atoms with E-state index in [0.29, 0.717) is 6.54 Å². The minimum absolute atomic E-state index is 0.616. The Kier molecular flexibility index (Phi) is 2.72. The van der Waals surface area contributed by atoms with Gasteiger partial charge in [-0.05, 0) is 18.6 Å². The smallest absolute Gasteiger partial charge is 0.0402 e. The average molecular weight is 156 g/mol. The highest BCUT2D eigenvalue weighted by Gasteiger charge is 1.93. The van der Waals surface area contributed by atoms with Gasteiger partial charge >= 0.3 is 0 Å². The first-order valence-corrected chi connectivity index (χ1v) is 3.62. The lowest BCUT2D eigenvalue weighted by Gasteiger charge is -1.94. The molecule has 2 heteroatoms. The molecule has 0 fully saturated rings. The maximum atomic E-state index is 5.73. The summed E-state index contributed by atoms with van der Waals surface area (Å²) in [6, 6.07) is 0. The summed E-state index contributed by atoms with van der Waals surface area (Å²) in [5.41, 5.74) is 6.66. The molecule has 0 saturated heterocycles. The number of rotatable bonds is 1. The zero-order chi connectivity index (χ0) is 7.40. The van der Waals surface area contributed by atoms with Crippen LogP contribution in [0, 0.1) is 0 Å². The van der Waals surface area contributed by atoms with Crippen molar-refractivity contribution in [1.82, 2.24) is 0 Å². The second-order valence-electron chi connectivity index (χ2n) is 2.19. The maximum Gasteiger partial charge on any atom is 0.0402 e. The van der Waals surface area contributed by atoms with Crippen LogP contribution in [0.25, 0.3) is 0 Å². The van der Waals surface area contributed by atoms with Crippen LogP contribution in [0.1, 0.15) is 6.42 Å². The minimum Gasteiger partial charge on any atom is -0.327 e. The third kappa shape index (κ3) is 2.01. The van der Waals surface area contributed by atoms with Crippen molar-refractivity contribution in [3.8, 4) is 0 Å². The Balaban J connectivity index is 2.74. The quantitative estimate of drug-likeness (QED) is 0.616. The Morgan fingerprint density at radius 3 is 3.00 bits per heavy atom. The molecule has 0 amide bonds. The van der Waals surface area contributed by atoms with Crippen LogP contribution in [0.5, 0.6) is 0 Å². The highest BCUT2D eigenvalue weighted by Crippen LogP contribution is 2.12. The Hall–Kier alpha value is -0.530. The first-order valence-electron chi connectivity index (χ1n) is 3.25. The highest BCUT2D eigenvalue weighted by molar-refractivity contribution is 6.31. The van der Waals surface area contributed by atoms with E-state index >= 15 is 0 Å². The van der Waals surface area contributed by atoms with Crippen molar-refractivity contribution >= 4 is 11.6 Å². The fraction of sp³-hybridized carbons (Fsp3) is 0.250. The van der Waals surface area contributed by atoms with Gasteiger partial charge in [-0.1, -0.05) is 29.3 Å². The molecule has 1 aliphatic carbocycles. The van der Waals surface area contributed by atoms with Crippen molar-refractivity contribution in [2.45, 2.75) is 6.42 Å². The zero-order valence-corrected chi connectivity index (χ0v) is 6.43. The molecule has 0 atom stereocenters. The van der Waals surface area contributed by atoms with E-state index in [1.165, 1.54) is 5.57 Å². The summed E-state index contributed by atoms with van der Waals surface area (Å²) in [7, 11) is 0. The maximum absolute atomic E-state index is 5.73. The Morgan fingerprint density at radius 2 is 2.30 bits per heavy atom. The monoisotopic (exact) mass is 155 g/mol. The molecule has 0 heterocycles. The molecule has 0 aromatic rings. The van der Waals surface area contributed by atoms with Crippen molar-refractivity contribution < 1.29 is 0 Å². The summed E-state index contributed by atoms with van der Waals surface area (Å²) < 4.78 is 0. The fourth-order valence-electron chi connectivity index (χ4n) is 0.795. The molecule has 0 unspecified atom stereocenters. The number of hydrogen-bond acceptors (Lipinski definition) is 1. The largest absolute Gasteiger partial charge is 0.327 e. The van der Waals surface area contributed by atoms with Crippen molar-refractivity contribution in [2.24, 2.45) is 5.73 Å². The Bertz CT molecular complexity index is 201. The van der Waals surface area contributed by atoms with E-state index in [9.17, 15) is 0 Å². The molecule has 0 saturated carbocycles. The van der Waals surface area contributed by atoms with Gasteiger partial charge in [-0.15, -0.1) is 0 Å². The lowest BCUT2D eigenvalue weighted by molar-refractivity contribution is 1.07. The van der Waals surface area contributed by atoms with E-state index in [1.54, 1.807) is 0 Å². The second-order valence-corrected chi connectivity index (χ2v) is 2.62. The minimum atomic E-state index is 0.616. The van der Waals surface area contributed by atoms with Gasteiger partial charge < -0.3 is 5.73 Å². The van der Waals surface area contributed by atoms with Gasteiger partial charge in [0, 0.05) is 11.6 Å². The molecule has 0 radical (unpaired) electrons. The highest BCUT2D eigenvalue weighted by atomic mass is 35.5. The number of allylic oxidation sites excluding steroid dienone is 5. The predicted molar refractivity (Wildman–Crippen MR) is 44.8 cm³/mol. The zero-order valence-electron chi connectivity index (χ0n) is 5.68. The Labute approximate surface area is 65.9 Å². The predicted octanol–water partition coefficient (Wildman–Crippen LogP) is 1.95. The molecule has 1 aliphatic rings.